The van der Waals surface area contributed by atoms with Crippen LogP contribution in [0.1, 0.15) is 73.6 Å². The second kappa shape index (κ2) is 6.80. The van der Waals surface area contributed by atoms with Crippen molar-refractivity contribution in [2.75, 3.05) is 0 Å². The minimum absolute atomic E-state index is 0.310. The molecule has 0 aromatic heterocycles. The van der Waals surface area contributed by atoms with Crippen LogP contribution >= 0.6 is 0 Å². The van der Waals surface area contributed by atoms with E-state index < -0.39 is 5.91 Å². The molecule has 21 heavy (non-hydrogen) atoms. The van der Waals surface area contributed by atoms with Gasteiger partial charge in [0.05, 0.1) is 0 Å². The maximum Gasteiger partial charge on any atom is 0.266 e. The highest BCUT2D eigenvalue weighted by molar-refractivity contribution is 6.38. The molecule has 0 spiro atoms. The van der Waals surface area contributed by atoms with Crippen molar-refractivity contribution in [2.45, 2.75) is 79.2 Å². The van der Waals surface area contributed by atoms with Gasteiger partial charge in [0.2, 0.25) is 0 Å². The van der Waals surface area contributed by atoms with Crippen LogP contribution in [0.2, 0.25) is 0 Å². The van der Waals surface area contributed by atoms with Crippen LogP contribution in [-0.2, 0) is 9.63 Å². The first kappa shape index (κ1) is 18.0. The predicted octanol–water partition coefficient (Wildman–Crippen LogP) is 3.89. The summed E-state index contributed by atoms with van der Waals surface area (Å²) in [6.07, 6.45) is 4.62. The molecule has 1 amide bonds. The molecular formula is C17H32N2O2. The Morgan fingerprint density at radius 1 is 1.43 bits per heavy atom. The van der Waals surface area contributed by atoms with Crippen molar-refractivity contribution in [3.63, 3.8) is 0 Å². The van der Waals surface area contributed by atoms with Crippen LogP contribution in [0.25, 0.3) is 0 Å². The number of carbonyl (C=O) groups excluding carboxylic acids is 1. The van der Waals surface area contributed by atoms with Crippen molar-refractivity contribution >= 4 is 11.6 Å². The molecule has 3 atom stereocenters. The first-order chi connectivity index (χ1) is 9.61. The van der Waals surface area contributed by atoms with Crippen molar-refractivity contribution in [2.24, 2.45) is 28.1 Å². The Kier molecular flexibility index (Phi) is 5.83. The van der Waals surface area contributed by atoms with E-state index in [1.807, 2.05) is 0 Å². The summed E-state index contributed by atoms with van der Waals surface area (Å²) in [6, 6.07) is 0. The molecule has 0 radical (unpaired) electrons. The topological polar surface area (TPSA) is 64.7 Å². The van der Waals surface area contributed by atoms with Gasteiger partial charge in [-0.1, -0.05) is 53.1 Å². The lowest BCUT2D eigenvalue weighted by Gasteiger charge is -2.33. The fraction of sp³-hybridized carbons (Fsp3) is 0.882. The molecule has 0 aromatic rings. The molecule has 0 saturated heterocycles. The van der Waals surface area contributed by atoms with Gasteiger partial charge >= 0.3 is 0 Å². The number of nitrogens with two attached hydrogens (primary N) is 1. The number of carbonyl (C=O) groups is 1. The minimum atomic E-state index is -0.458. The molecule has 0 saturated carbocycles. The average molecular weight is 296 g/mol. The van der Waals surface area contributed by atoms with Crippen molar-refractivity contribution in [1.82, 2.24) is 0 Å². The van der Waals surface area contributed by atoms with E-state index in [0.717, 1.165) is 19.3 Å². The molecule has 1 rings (SSSR count). The molecule has 4 heteroatoms. The summed E-state index contributed by atoms with van der Waals surface area (Å²) in [5.74, 6) is 0.897. The van der Waals surface area contributed by atoms with Crippen molar-refractivity contribution in [1.29, 1.82) is 0 Å². The third-order valence-electron chi connectivity index (χ3n) is 5.28. The minimum Gasteiger partial charge on any atom is -0.388 e. The zero-order chi connectivity index (χ0) is 16.3. The Hall–Kier alpha value is -1.06. The first-order valence-electron chi connectivity index (χ1n) is 8.16. The van der Waals surface area contributed by atoms with E-state index in [9.17, 15) is 4.79 Å². The number of amides is 1. The van der Waals surface area contributed by atoms with E-state index in [1.54, 1.807) is 0 Å². The third-order valence-corrected chi connectivity index (χ3v) is 5.28. The monoisotopic (exact) mass is 296 g/mol. The van der Waals surface area contributed by atoms with Crippen LogP contribution < -0.4 is 5.73 Å². The Balaban J connectivity index is 2.46. The molecule has 0 bridgehead atoms. The standard InChI is InChI=1S/C17H32N2O2/c1-7-17(11-14(15(18)20)19-21-17)10-8-9-12(2)13(3)16(4,5)6/h12-13H,7-11H2,1-6H3,(H2,18,20). The first-order valence-corrected chi connectivity index (χ1v) is 8.16. The van der Waals surface area contributed by atoms with Gasteiger partial charge in [-0.05, 0) is 36.5 Å². The summed E-state index contributed by atoms with van der Waals surface area (Å²) in [5, 5.41) is 3.87. The summed E-state index contributed by atoms with van der Waals surface area (Å²) >= 11 is 0. The Bertz CT molecular complexity index is 398. The highest BCUT2D eigenvalue weighted by atomic mass is 16.7. The molecule has 1 aliphatic heterocycles. The predicted molar refractivity (Wildman–Crippen MR) is 87.0 cm³/mol. The van der Waals surface area contributed by atoms with E-state index in [-0.39, 0.29) is 5.60 Å². The normalized spacial score (nSPS) is 25.1. The quantitative estimate of drug-likeness (QED) is 0.774. The molecular weight excluding hydrogens is 264 g/mol. The summed E-state index contributed by atoms with van der Waals surface area (Å²) in [7, 11) is 0. The number of primary amides is 1. The largest absolute Gasteiger partial charge is 0.388 e. The van der Waals surface area contributed by atoms with Crippen molar-refractivity contribution < 1.29 is 9.63 Å². The van der Waals surface area contributed by atoms with Gasteiger partial charge in [0.1, 0.15) is 11.3 Å². The van der Waals surface area contributed by atoms with Gasteiger partial charge in [-0.15, -0.1) is 0 Å². The van der Waals surface area contributed by atoms with Crippen molar-refractivity contribution in [3.05, 3.63) is 0 Å². The van der Waals surface area contributed by atoms with Crippen LogP contribution in [0.5, 0.6) is 0 Å². The second-order valence-corrected chi connectivity index (χ2v) is 7.73. The molecule has 4 nitrogen and oxygen atoms in total. The van der Waals surface area contributed by atoms with E-state index in [2.05, 4.69) is 46.7 Å². The number of hydrogen-bond acceptors (Lipinski definition) is 3. The van der Waals surface area contributed by atoms with E-state index in [1.165, 1.54) is 6.42 Å². The van der Waals surface area contributed by atoms with Gasteiger partial charge in [-0.3, -0.25) is 4.79 Å². The van der Waals surface area contributed by atoms with Crippen molar-refractivity contribution in [3.8, 4) is 0 Å². The molecule has 0 aromatic carbocycles. The molecule has 3 unspecified atom stereocenters. The number of rotatable bonds is 7. The van der Waals surface area contributed by atoms with E-state index in [0.29, 0.717) is 29.4 Å². The summed E-state index contributed by atoms with van der Waals surface area (Å²) < 4.78 is 0. The van der Waals surface area contributed by atoms with Gasteiger partial charge in [0, 0.05) is 6.42 Å². The number of oxime groups is 1. The van der Waals surface area contributed by atoms with E-state index >= 15 is 0 Å². The van der Waals surface area contributed by atoms with Crippen LogP contribution in [0, 0.1) is 17.3 Å². The van der Waals surface area contributed by atoms with Gasteiger partial charge in [0.25, 0.3) is 5.91 Å². The zero-order valence-corrected chi connectivity index (χ0v) is 14.5. The number of nitrogens with zero attached hydrogens (tertiary/aromatic N) is 1. The fourth-order valence-corrected chi connectivity index (χ4v) is 3.00. The highest BCUT2D eigenvalue weighted by Crippen LogP contribution is 2.37. The maximum atomic E-state index is 11.2. The fourth-order valence-electron chi connectivity index (χ4n) is 3.00. The van der Waals surface area contributed by atoms with Crippen LogP contribution in [0.4, 0.5) is 0 Å². The SMILES string of the molecule is CCC1(CCCC(C)C(C)C(C)(C)C)CC(C(N)=O)=NO1. The highest BCUT2D eigenvalue weighted by Gasteiger charge is 2.39. The van der Waals surface area contributed by atoms with Gasteiger partial charge in [-0.25, -0.2) is 0 Å². The van der Waals surface area contributed by atoms with Gasteiger partial charge in [0.15, 0.2) is 0 Å². The van der Waals surface area contributed by atoms with E-state index in [4.69, 9.17) is 10.6 Å². The van der Waals surface area contributed by atoms with Gasteiger partial charge < -0.3 is 10.6 Å². The lowest BCUT2D eigenvalue weighted by Crippen LogP contribution is -2.32. The van der Waals surface area contributed by atoms with Crippen LogP contribution in [0.3, 0.4) is 0 Å². The zero-order valence-electron chi connectivity index (χ0n) is 14.5. The third kappa shape index (κ3) is 4.72. The lowest BCUT2D eigenvalue weighted by molar-refractivity contribution is -0.112. The number of hydrogen-bond donors (Lipinski definition) is 1. The molecule has 2 N–H and O–H groups in total. The van der Waals surface area contributed by atoms with Crippen LogP contribution in [-0.4, -0.2) is 17.2 Å². The summed E-state index contributed by atoms with van der Waals surface area (Å²) in [6.45, 7) is 13.6. The summed E-state index contributed by atoms with van der Waals surface area (Å²) in [5.41, 5.74) is 5.70. The molecule has 1 heterocycles. The maximum absolute atomic E-state index is 11.2. The molecule has 1 aliphatic rings. The Labute approximate surface area is 129 Å². The lowest BCUT2D eigenvalue weighted by atomic mass is 9.73. The molecule has 0 aliphatic carbocycles. The Morgan fingerprint density at radius 3 is 2.48 bits per heavy atom. The Morgan fingerprint density at radius 2 is 2.05 bits per heavy atom. The summed E-state index contributed by atoms with van der Waals surface area (Å²) in [4.78, 5) is 16.8. The molecule has 0 fully saturated rings. The van der Waals surface area contributed by atoms with Gasteiger partial charge in [-0.2, -0.15) is 0 Å². The van der Waals surface area contributed by atoms with Crippen LogP contribution in [0.15, 0.2) is 5.16 Å². The molecule has 122 valence electrons. The second-order valence-electron chi connectivity index (χ2n) is 7.73. The average Bonchev–Trinajstić information content (AvgIpc) is 2.82. The smallest absolute Gasteiger partial charge is 0.266 e.